The summed E-state index contributed by atoms with van der Waals surface area (Å²) in [7, 11) is 0. The fourth-order valence-corrected chi connectivity index (χ4v) is 2.61. The Labute approximate surface area is 129 Å². The minimum Gasteiger partial charge on any atom is -0.494 e. The summed E-state index contributed by atoms with van der Waals surface area (Å²) in [6.07, 6.45) is 0.695. The summed E-state index contributed by atoms with van der Waals surface area (Å²) in [4.78, 5) is 0. The summed E-state index contributed by atoms with van der Waals surface area (Å²) >= 11 is 6.01. The van der Waals surface area contributed by atoms with E-state index in [9.17, 15) is 4.39 Å². The average molecular weight is 308 g/mol. The van der Waals surface area contributed by atoms with Crippen LogP contribution < -0.4 is 10.5 Å². The van der Waals surface area contributed by atoms with Crippen LogP contribution >= 0.6 is 11.6 Å². The molecule has 0 saturated carbocycles. The minimum atomic E-state index is -0.280. The number of halogens is 2. The molecule has 2 rings (SSSR count). The van der Waals surface area contributed by atoms with Crippen LogP contribution in [0.4, 0.5) is 4.39 Å². The van der Waals surface area contributed by atoms with Gasteiger partial charge in [-0.1, -0.05) is 23.7 Å². The highest BCUT2D eigenvalue weighted by atomic mass is 35.5. The van der Waals surface area contributed by atoms with Crippen LogP contribution in [0.25, 0.3) is 0 Å². The Morgan fingerprint density at radius 1 is 1.24 bits per heavy atom. The van der Waals surface area contributed by atoms with Crippen LogP contribution in [0.15, 0.2) is 42.5 Å². The Bertz CT molecular complexity index is 603. The van der Waals surface area contributed by atoms with Gasteiger partial charge in [-0.25, -0.2) is 4.39 Å². The van der Waals surface area contributed by atoms with Gasteiger partial charge in [0.2, 0.25) is 0 Å². The highest BCUT2D eigenvalue weighted by molar-refractivity contribution is 6.30. The van der Waals surface area contributed by atoms with Crippen LogP contribution in [0.1, 0.15) is 24.0 Å². The Morgan fingerprint density at radius 3 is 2.71 bits per heavy atom. The number of benzene rings is 2. The van der Waals surface area contributed by atoms with Crippen molar-refractivity contribution in [3.05, 3.63) is 64.4 Å². The van der Waals surface area contributed by atoms with Crippen molar-refractivity contribution in [3.63, 3.8) is 0 Å². The third-order valence-corrected chi connectivity index (χ3v) is 3.60. The van der Waals surface area contributed by atoms with Crippen LogP contribution in [0.2, 0.25) is 5.02 Å². The number of rotatable bonds is 6. The lowest BCUT2D eigenvalue weighted by Crippen LogP contribution is -2.16. The molecule has 0 aliphatic rings. The van der Waals surface area contributed by atoms with Gasteiger partial charge in [0.1, 0.15) is 11.6 Å². The zero-order valence-electron chi connectivity index (χ0n) is 12.0. The smallest absolute Gasteiger partial charge is 0.123 e. The lowest BCUT2D eigenvalue weighted by atomic mass is 9.91. The summed E-state index contributed by atoms with van der Waals surface area (Å²) < 4.78 is 19.2. The van der Waals surface area contributed by atoms with Crippen molar-refractivity contribution >= 4 is 11.6 Å². The van der Waals surface area contributed by atoms with Crippen LogP contribution in [0.3, 0.4) is 0 Å². The average Bonchev–Trinajstić information content (AvgIpc) is 2.47. The molecule has 2 N–H and O–H groups in total. The van der Waals surface area contributed by atoms with E-state index in [4.69, 9.17) is 22.1 Å². The van der Waals surface area contributed by atoms with Crippen molar-refractivity contribution in [3.8, 4) is 5.75 Å². The van der Waals surface area contributed by atoms with Gasteiger partial charge in [-0.2, -0.15) is 0 Å². The molecule has 0 aliphatic heterocycles. The maximum absolute atomic E-state index is 13.6. The summed E-state index contributed by atoms with van der Waals surface area (Å²) in [5, 5.41) is 0.688. The van der Waals surface area contributed by atoms with E-state index >= 15 is 0 Å². The zero-order chi connectivity index (χ0) is 15.2. The topological polar surface area (TPSA) is 35.2 Å². The van der Waals surface area contributed by atoms with Crippen molar-refractivity contribution in [2.24, 2.45) is 5.73 Å². The number of ether oxygens (including phenoxy) is 1. The first-order valence-electron chi connectivity index (χ1n) is 7.00. The van der Waals surface area contributed by atoms with E-state index in [-0.39, 0.29) is 11.7 Å². The molecule has 1 unspecified atom stereocenters. The highest BCUT2D eigenvalue weighted by Crippen LogP contribution is 2.30. The van der Waals surface area contributed by atoms with E-state index in [1.165, 1.54) is 12.1 Å². The van der Waals surface area contributed by atoms with E-state index in [1.807, 2.05) is 31.2 Å². The van der Waals surface area contributed by atoms with Crippen molar-refractivity contribution in [2.75, 3.05) is 13.2 Å². The number of nitrogens with two attached hydrogens (primary N) is 1. The predicted octanol–water partition coefficient (Wildman–Crippen LogP) is 4.16. The molecule has 0 radical (unpaired) electrons. The van der Waals surface area contributed by atoms with Gasteiger partial charge in [-0.05, 0) is 55.8 Å². The third-order valence-electron chi connectivity index (χ3n) is 3.37. The lowest BCUT2D eigenvalue weighted by Gasteiger charge is -2.19. The number of hydrogen-bond donors (Lipinski definition) is 1. The van der Waals surface area contributed by atoms with Crippen LogP contribution in [0.5, 0.6) is 5.75 Å². The molecule has 1 atom stereocenters. The Kier molecular flexibility index (Phi) is 5.59. The largest absolute Gasteiger partial charge is 0.494 e. The fourth-order valence-electron chi connectivity index (χ4n) is 2.39. The van der Waals surface area contributed by atoms with Gasteiger partial charge in [0.25, 0.3) is 0 Å². The fraction of sp³-hybridized carbons (Fsp3) is 0.294. The molecule has 2 aromatic carbocycles. The predicted molar refractivity (Wildman–Crippen MR) is 84.5 cm³/mol. The van der Waals surface area contributed by atoms with E-state index in [0.717, 1.165) is 11.1 Å². The molecule has 0 saturated heterocycles. The molecule has 2 nitrogen and oxygen atoms in total. The van der Waals surface area contributed by atoms with E-state index < -0.39 is 0 Å². The molecule has 2 aromatic rings. The van der Waals surface area contributed by atoms with Crippen LogP contribution in [0, 0.1) is 5.82 Å². The molecule has 0 fully saturated rings. The first-order valence-corrected chi connectivity index (χ1v) is 7.38. The van der Waals surface area contributed by atoms with Crippen molar-refractivity contribution in [1.29, 1.82) is 0 Å². The number of hydrogen-bond acceptors (Lipinski definition) is 2. The third kappa shape index (κ3) is 4.19. The van der Waals surface area contributed by atoms with Gasteiger partial charge in [-0.15, -0.1) is 0 Å². The summed E-state index contributed by atoms with van der Waals surface area (Å²) in [6.45, 7) is 2.85. The second-order valence-electron chi connectivity index (χ2n) is 4.88. The first kappa shape index (κ1) is 15.8. The molecule has 4 heteroatoms. The molecule has 0 aliphatic carbocycles. The van der Waals surface area contributed by atoms with Crippen LogP contribution in [-0.2, 0) is 6.42 Å². The summed E-state index contributed by atoms with van der Waals surface area (Å²) in [6, 6.07) is 12.2. The Balaban J connectivity index is 2.30. The Morgan fingerprint density at radius 2 is 2.05 bits per heavy atom. The molecule has 112 valence electrons. The van der Waals surface area contributed by atoms with Gasteiger partial charge < -0.3 is 10.5 Å². The standard InChI is InChI=1S/C17H19ClFNO/c1-2-21-17-7-6-15(19)10-16(17)13(11-20)8-12-4-3-5-14(18)9-12/h3-7,9-10,13H,2,8,11,20H2,1H3. The van der Waals surface area contributed by atoms with E-state index in [1.54, 1.807) is 6.07 Å². The maximum atomic E-state index is 13.6. The van der Waals surface area contributed by atoms with Gasteiger partial charge in [0, 0.05) is 16.5 Å². The van der Waals surface area contributed by atoms with Gasteiger partial charge >= 0.3 is 0 Å². The second kappa shape index (κ2) is 7.43. The first-order chi connectivity index (χ1) is 10.1. The van der Waals surface area contributed by atoms with Crippen molar-refractivity contribution in [1.82, 2.24) is 0 Å². The van der Waals surface area contributed by atoms with Crippen LogP contribution in [-0.4, -0.2) is 13.2 Å². The van der Waals surface area contributed by atoms with Crippen molar-refractivity contribution < 1.29 is 9.13 Å². The molecule has 0 amide bonds. The van der Waals surface area contributed by atoms with Gasteiger partial charge in [0.05, 0.1) is 6.61 Å². The summed E-state index contributed by atoms with van der Waals surface area (Å²) in [5.74, 6) is 0.398. The van der Waals surface area contributed by atoms with E-state index in [2.05, 4.69) is 0 Å². The Hall–Kier alpha value is -1.58. The zero-order valence-corrected chi connectivity index (χ0v) is 12.7. The molecule has 0 bridgehead atoms. The SMILES string of the molecule is CCOc1ccc(F)cc1C(CN)Cc1cccc(Cl)c1. The molecule has 21 heavy (non-hydrogen) atoms. The second-order valence-corrected chi connectivity index (χ2v) is 5.32. The quantitative estimate of drug-likeness (QED) is 0.869. The highest BCUT2D eigenvalue weighted by Gasteiger charge is 2.17. The van der Waals surface area contributed by atoms with Gasteiger partial charge in [-0.3, -0.25) is 0 Å². The lowest BCUT2D eigenvalue weighted by molar-refractivity contribution is 0.333. The maximum Gasteiger partial charge on any atom is 0.123 e. The minimum absolute atomic E-state index is 0.0132. The summed E-state index contributed by atoms with van der Waals surface area (Å²) in [5.41, 5.74) is 7.77. The molecule has 0 aromatic heterocycles. The van der Waals surface area contributed by atoms with Crippen molar-refractivity contribution in [2.45, 2.75) is 19.3 Å². The monoisotopic (exact) mass is 307 g/mol. The normalized spacial score (nSPS) is 12.2. The van der Waals surface area contributed by atoms with E-state index in [0.29, 0.717) is 30.3 Å². The molecule has 0 heterocycles. The van der Waals surface area contributed by atoms with Gasteiger partial charge in [0.15, 0.2) is 0 Å². The molecular formula is C17H19ClFNO. The molecule has 0 spiro atoms. The molecular weight excluding hydrogens is 289 g/mol.